The van der Waals surface area contributed by atoms with E-state index in [4.69, 9.17) is 29.3 Å². The summed E-state index contributed by atoms with van der Waals surface area (Å²) >= 11 is 0. The van der Waals surface area contributed by atoms with Crippen molar-refractivity contribution in [2.45, 2.75) is 43.7 Å². The van der Waals surface area contributed by atoms with Gasteiger partial charge in [-0.05, 0) is 30.7 Å². The fourth-order valence-corrected chi connectivity index (χ4v) is 5.56. The number of rotatable bonds is 4. The Morgan fingerprint density at radius 1 is 1.38 bits per heavy atom. The van der Waals surface area contributed by atoms with E-state index in [-0.39, 0.29) is 12.4 Å². The second kappa shape index (κ2) is 8.41. The summed E-state index contributed by atoms with van der Waals surface area (Å²) < 4.78 is 37.0. The molecule has 2 aliphatic heterocycles. The second-order valence-corrected chi connectivity index (χ2v) is 9.83. The molecule has 13 heteroatoms. The molecule has 34 heavy (non-hydrogen) atoms. The van der Waals surface area contributed by atoms with Gasteiger partial charge in [0.2, 0.25) is 6.29 Å². The van der Waals surface area contributed by atoms with Crippen LogP contribution in [0.15, 0.2) is 42.9 Å². The minimum absolute atomic E-state index is 0.0554. The summed E-state index contributed by atoms with van der Waals surface area (Å²) in [4.78, 5) is 8.11. The van der Waals surface area contributed by atoms with Crippen molar-refractivity contribution in [2.75, 3.05) is 12.3 Å². The molecule has 2 aliphatic rings. The Hall–Kier alpha value is -2.88. The second-order valence-electron chi connectivity index (χ2n) is 8.25. The van der Waals surface area contributed by atoms with Crippen molar-refractivity contribution in [3.63, 3.8) is 0 Å². The number of aliphatic hydroxyl groups excluding tert-OH is 1. The van der Waals surface area contributed by atoms with Crippen LogP contribution in [-0.2, 0) is 22.9 Å². The zero-order valence-electron chi connectivity index (χ0n) is 18.0. The topological polar surface area (TPSA) is 175 Å². The summed E-state index contributed by atoms with van der Waals surface area (Å²) in [6, 6.07) is 10.4. The Kier molecular flexibility index (Phi) is 5.66. The van der Waals surface area contributed by atoms with Gasteiger partial charge >= 0.3 is 7.82 Å². The quantitative estimate of drug-likeness (QED) is 0.460. The van der Waals surface area contributed by atoms with Crippen LogP contribution < -0.4 is 5.73 Å². The van der Waals surface area contributed by atoms with E-state index in [0.717, 1.165) is 0 Å². The van der Waals surface area contributed by atoms with Crippen LogP contribution in [0.3, 0.4) is 0 Å². The third-order valence-corrected chi connectivity index (χ3v) is 7.40. The smallest absolute Gasteiger partial charge is 0.385 e. The molecular weight excluding hydrogens is 465 g/mol. The van der Waals surface area contributed by atoms with Gasteiger partial charge in [-0.25, -0.2) is 14.5 Å². The number of fused-ring (bicyclic) bond motifs is 1. The number of aliphatic hydroxyl groups is 2. The number of nitriles is 1. The van der Waals surface area contributed by atoms with E-state index in [2.05, 4.69) is 9.97 Å². The normalized spacial score (nSPS) is 33.7. The first-order valence-corrected chi connectivity index (χ1v) is 11.9. The first kappa shape index (κ1) is 22.9. The minimum Gasteiger partial charge on any atom is -0.385 e. The number of hydrogen-bond donors (Lipinski definition) is 3. The molecule has 0 amide bonds. The van der Waals surface area contributed by atoms with Gasteiger partial charge in [-0.1, -0.05) is 12.1 Å². The van der Waals surface area contributed by atoms with Gasteiger partial charge < -0.3 is 25.3 Å². The van der Waals surface area contributed by atoms with E-state index in [1.807, 2.05) is 6.07 Å². The highest BCUT2D eigenvalue weighted by Crippen LogP contribution is 2.59. The number of nitrogen functional groups attached to an aromatic ring is 1. The zero-order valence-corrected chi connectivity index (χ0v) is 18.9. The largest absolute Gasteiger partial charge is 0.477 e. The fourth-order valence-electron chi connectivity index (χ4n) is 4.10. The lowest BCUT2D eigenvalue weighted by Gasteiger charge is -2.31. The molecule has 0 radical (unpaired) electrons. The molecule has 178 valence electrons. The standard InChI is InChI=1S/C21H22N5O7P/c1-21(28)16(27)19(31-20(21)26-7-5-14-17(23)24-11-25-18(14)26)33-34(29)30-8-6-15(32-34)13-4-2-3-12(9-13)10-22/h2-5,7,9,11,15-16,19-20,27-28H,6,8H2,1H3,(H2,23,24,25)/t15-,16-,19?,20-,21-,34?/m1/s1. The highest BCUT2D eigenvalue weighted by atomic mass is 31.2. The van der Waals surface area contributed by atoms with Crippen LogP contribution in [-0.4, -0.2) is 49.4 Å². The predicted molar refractivity (Wildman–Crippen MR) is 117 cm³/mol. The summed E-state index contributed by atoms with van der Waals surface area (Å²) in [5, 5.41) is 31.5. The fraction of sp³-hybridized carbons (Fsp3) is 0.381. The molecule has 3 aromatic rings. The third-order valence-electron chi connectivity index (χ3n) is 5.92. The van der Waals surface area contributed by atoms with Crippen molar-refractivity contribution in [3.8, 4) is 6.07 Å². The van der Waals surface area contributed by atoms with Gasteiger partial charge in [-0.2, -0.15) is 5.26 Å². The molecule has 0 bridgehead atoms. The van der Waals surface area contributed by atoms with Crippen LogP contribution in [0.4, 0.5) is 5.82 Å². The average molecular weight is 487 g/mol. The summed E-state index contributed by atoms with van der Waals surface area (Å²) in [7, 11) is -4.19. The number of benzene rings is 1. The van der Waals surface area contributed by atoms with Crippen LogP contribution in [0.1, 0.15) is 36.8 Å². The molecule has 1 aromatic carbocycles. The van der Waals surface area contributed by atoms with Gasteiger partial charge in [-0.3, -0.25) is 13.6 Å². The lowest BCUT2D eigenvalue weighted by molar-refractivity contribution is -0.145. The number of hydrogen-bond acceptors (Lipinski definition) is 11. The SMILES string of the molecule is C[C@@]1(O)[C@H](O)C(OP2(=O)OCC[C@H](c3cccc(C#N)c3)O2)O[C@H]1n1ccc2c(N)ncnc21. The van der Waals surface area contributed by atoms with Crippen LogP contribution in [0.2, 0.25) is 0 Å². The summed E-state index contributed by atoms with van der Waals surface area (Å²) in [6.45, 7) is 1.41. The van der Waals surface area contributed by atoms with Crippen molar-refractivity contribution < 1.29 is 33.1 Å². The minimum atomic E-state index is -4.19. The lowest BCUT2D eigenvalue weighted by atomic mass is 9.99. The Bertz CT molecular complexity index is 1320. The Morgan fingerprint density at radius 2 is 2.21 bits per heavy atom. The van der Waals surface area contributed by atoms with Crippen molar-refractivity contribution in [2.24, 2.45) is 0 Å². The molecule has 2 fully saturated rings. The third kappa shape index (κ3) is 3.87. The van der Waals surface area contributed by atoms with Crippen molar-refractivity contribution in [3.05, 3.63) is 54.0 Å². The number of anilines is 1. The number of nitrogens with two attached hydrogens (primary N) is 1. The van der Waals surface area contributed by atoms with Gasteiger partial charge in [0.25, 0.3) is 0 Å². The van der Waals surface area contributed by atoms with Gasteiger partial charge in [0.1, 0.15) is 29.5 Å². The van der Waals surface area contributed by atoms with Gasteiger partial charge in [0.05, 0.1) is 29.7 Å². The average Bonchev–Trinajstić information content (AvgIpc) is 3.34. The van der Waals surface area contributed by atoms with Gasteiger partial charge in [0.15, 0.2) is 6.23 Å². The summed E-state index contributed by atoms with van der Waals surface area (Å²) in [6.07, 6.45) is -1.72. The maximum Gasteiger partial charge on any atom is 0.477 e. The first-order chi connectivity index (χ1) is 16.2. The number of aromatic nitrogens is 3. The maximum absolute atomic E-state index is 13.3. The number of phosphoric ester groups is 1. The molecule has 2 saturated heterocycles. The van der Waals surface area contributed by atoms with E-state index in [9.17, 15) is 14.8 Å². The molecule has 6 atom stereocenters. The summed E-state index contributed by atoms with van der Waals surface area (Å²) in [5.74, 6) is 0.245. The van der Waals surface area contributed by atoms with Crippen LogP contribution >= 0.6 is 7.82 Å². The predicted octanol–water partition coefficient (Wildman–Crippen LogP) is 2.15. The molecule has 0 spiro atoms. The molecular formula is C21H22N5O7P. The molecule has 2 aromatic heterocycles. The van der Waals surface area contributed by atoms with E-state index < -0.39 is 38.1 Å². The van der Waals surface area contributed by atoms with Crippen LogP contribution in [0.25, 0.3) is 11.0 Å². The van der Waals surface area contributed by atoms with E-state index in [1.165, 1.54) is 17.8 Å². The van der Waals surface area contributed by atoms with E-state index >= 15 is 0 Å². The monoisotopic (exact) mass is 487 g/mol. The number of nitrogens with zero attached hydrogens (tertiary/aromatic N) is 4. The zero-order chi connectivity index (χ0) is 24.1. The van der Waals surface area contributed by atoms with E-state index in [0.29, 0.717) is 28.6 Å². The van der Waals surface area contributed by atoms with Crippen molar-refractivity contribution in [1.82, 2.24) is 14.5 Å². The number of phosphoric acid groups is 1. The van der Waals surface area contributed by atoms with Crippen LogP contribution in [0, 0.1) is 11.3 Å². The van der Waals surface area contributed by atoms with Crippen molar-refractivity contribution >= 4 is 24.7 Å². The summed E-state index contributed by atoms with van der Waals surface area (Å²) in [5.41, 5.74) is 5.47. The molecule has 0 aliphatic carbocycles. The van der Waals surface area contributed by atoms with Crippen LogP contribution in [0.5, 0.6) is 0 Å². The molecule has 2 unspecified atom stereocenters. The number of ether oxygens (including phenoxy) is 1. The Morgan fingerprint density at radius 3 is 3.00 bits per heavy atom. The van der Waals surface area contributed by atoms with Crippen molar-refractivity contribution in [1.29, 1.82) is 5.26 Å². The molecule has 5 rings (SSSR count). The molecule has 4 N–H and O–H groups in total. The first-order valence-electron chi connectivity index (χ1n) is 10.5. The highest BCUT2D eigenvalue weighted by Gasteiger charge is 2.56. The Balaban J connectivity index is 1.38. The lowest BCUT2D eigenvalue weighted by Crippen LogP contribution is -2.44. The molecule has 12 nitrogen and oxygen atoms in total. The van der Waals surface area contributed by atoms with Gasteiger partial charge in [0, 0.05) is 12.6 Å². The Labute approximate surface area is 194 Å². The molecule has 4 heterocycles. The molecule has 0 saturated carbocycles. The van der Waals surface area contributed by atoms with E-state index in [1.54, 1.807) is 36.5 Å². The van der Waals surface area contributed by atoms with Gasteiger partial charge in [-0.15, -0.1) is 0 Å². The highest BCUT2D eigenvalue weighted by molar-refractivity contribution is 7.48. The maximum atomic E-state index is 13.3.